The van der Waals surface area contributed by atoms with E-state index in [-0.39, 0.29) is 30.1 Å². The number of rotatable bonds is 3. The smallest absolute Gasteiger partial charge is 0.375 e. The van der Waals surface area contributed by atoms with E-state index >= 15 is 0 Å². The number of aromatic nitrogens is 4. The molecule has 1 aromatic carbocycles. The molecule has 0 unspecified atom stereocenters. The van der Waals surface area contributed by atoms with Crippen LogP contribution >= 0.6 is 0 Å². The molecular formula is C17H13F5N4O2. The molecule has 0 saturated carbocycles. The van der Waals surface area contributed by atoms with Gasteiger partial charge in [0.05, 0.1) is 18.8 Å². The number of nitrogens with one attached hydrogen (secondary N) is 1. The van der Waals surface area contributed by atoms with E-state index in [0.29, 0.717) is 5.56 Å². The van der Waals surface area contributed by atoms with Gasteiger partial charge in [0.15, 0.2) is 5.65 Å². The van der Waals surface area contributed by atoms with Gasteiger partial charge in [0, 0.05) is 0 Å². The van der Waals surface area contributed by atoms with Crippen molar-refractivity contribution in [3.8, 4) is 0 Å². The van der Waals surface area contributed by atoms with Gasteiger partial charge in [-0.25, -0.2) is 18.4 Å². The summed E-state index contributed by atoms with van der Waals surface area (Å²) in [5.74, 6) is 0.197. The molecule has 0 radical (unpaired) electrons. The lowest BCUT2D eigenvalue weighted by molar-refractivity contribution is -0.137. The predicted molar refractivity (Wildman–Crippen MR) is 87.2 cm³/mol. The molecule has 1 saturated heterocycles. The van der Waals surface area contributed by atoms with Gasteiger partial charge < -0.3 is 9.72 Å². The van der Waals surface area contributed by atoms with E-state index in [1.807, 2.05) is 0 Å². The fourth-order valence-corrected chi connectivity index (χ4v) is 3.29. The van der Waals surface area contributed by atoms with E-state index < -0.39 is 35.0 Å². The van der Waals surface area contributed by atoms with Crippen molar-refractivity contribution in [2.24, 2.45) is 0 Å². The van der Waals surface area contributed by atoms with E-state index in [1.165, 1.54) is 19.1 Å². The summed E-state index contributed by atoms with van der Waals surface area (Å²) in [5, 5.41) is 3.57. The van der Waals surface area contributed by atoms with E-state index in [4.69, 9.17) is 4.74 Å². The Hall–Kier alpha value is -2.82. The van der Waals surface area contributed by atoms with Gasteiger partial charge in [0.1, 0.15) is 22.4 Å². The number of nitrogens with zero attached hydrogens (tertiary/aromatic N) is 3. The third-order valence-corrected chi connectivity index (χ3v) is 4.73. The number of hydrogen-bond donors (Lipinski definition) is 1. The number of alkyl halides is 5. The average molecular weight is 400 g/mol. The van der Waals surface area contributed by atoms with Gasteiger partial charge in [0.2, 0.25) is 0 Å². The number of fused-ring (bicyclic) bond motifs is 1. The second kappa shape index (κ2) is 6.09. The molecule has 4 rings (SSSR count). The van der Waals surface area contributed by atoms with Gasteiger partial charge in [0.25, 0.3) is 12.0 Å². The lowest BCUT2D eigenvalue weighted by atomic mass is 9.87. The zero-order valence-corrected chi connectivity index (χ0v) is 14.3. The molecule has 2 aromatic heterocycles. The van der Waals surface area contributed by atoms with E-state index in [1.54, 1.807) is 0 Å². The fourth-order valence-electron chi connectivity index (χ4n) is 3.29. The number of ether oxygens (including phenoxy) is 1. The van der Waals surface area contributed by atoms with Crippen molar-refractivity contribution in [3.63, 3.8) is 0 Å². The minimum atomic E-state index is -4.50. The quantitative estimate of drug-likeness (QED) is 0.686. The zero-order chi connectivity index (χ0) is 20.3. The Morgan fingerprint density at radius 1 is 1.21 bits per heavy atom. The number of aryl methyl sites for hydroxylation is 1. The first-order valence-corrected chi connectivity index (χ1v) is 8.17. The molecular weight excluding hydrogens is 387 g/mol. The highest BCUT2D eigenvalue weighted by Crippen LogP contribution is 2.39. The molecule has 6 nitrogen and oxygen atoms in total. The van der Waals surface area contributed by atoms with Gasteiger partial charge in [-0.05, 0) is 24.6 Å². The van der Waals surface area contributed by atoms with Crippen LogP contribution in [-0.2, 0) is 16.5 Å². The number of halogens is 5. The normalized spacial score (nSPS) is 16.5. The van der Waals surface area contributed by atoms with Gasteiger partial charge in [-0.2, -0.15) is 18.3 Å². The molecule has 0 aliphatic carbocycles. The van der Waals surface area contributed by atoms with Gasteiger partial charge >= 0.3 is 6.18 Å². The third kappa shape index (κ3) is 2.68. The maximum absolute atomic E-state index is 13.5. The average Bonchev–Trinajstić information content (AvgIpc) is 2.94. The van der Waals surface area contributed by atoms with Crippen LogP contribution in [0.2, 0.25) is 0 Å². The molecule has 3 aromatic rings. The summed E-state index contributed by atoms with van der Waals surface area (Å²) >= 11 is 0. The Balaban J connectivity index is 1.94. The first-order chi connectivity index (χ1) is 13.1. The minimum absolute atomic E-state index is 0.00858. The Morgan fingerprint density at radius 2 is 1.86 bits per heavy atom. The lowest BCUT2D eigenvalue weighted by Crippen LogP contribution is -2.53. The number of H-pyrrole nitrogens is 1. The maximum atomic E-state index is 13.5. The largest absolute Gasteiger partial charge is 0.416 e. The standard InChI is InChI=1S/C17H13F5N4O2/c1-8-23-14-11(15(27)24-8)12(13(18)19)25-26(14)16(6-28-7-16)9-2-4-10(5-3-9)17(20,21)22/h2-5,13H,6-7H2,1H3,(H,23,24,27). The molecule has 0 atom stereocenters. The fraction of sp³-hybridized carbons (Fsp3) is 0.353. The Morgan fingerprint density at radius 3 is 2.36 bits per heavy atom. The topological polar surface area (TPSA) is 72.8 Å². The number of benzene rings is 1. The first-order valence-electron chi connectivity index (χ1n) is 8.17. The maximum Gasteiger partial charge on any atom is 0.416 e. The van der Waals surface area contributed by atoms with Crippen LogP contribution in [0.5, 0.6) is 0 Å². The molecule has 1 aliphatic heterocycles. The van der Waals surface area contributed by atoms with Crippen LogP contribution in [0, 0.1) is 6.92 Å². The molecule has 28 heavy (non-hydrogen) atoms. The molecule has 0 bridgehead atoms. The molecule has 148 valence electrons. The molecule has 1 N–H and O–H groups in total. The van der Waals surface area contributed by atoms with E-state index in [9.17, 15) is 26.7 Å². The van der Waals surface area contributed by atoms with Crippen molar-refractivity contribution in [1.82, 2.24) is 19.7 Å². The van der Waals surface area contributed by atoms with E-state index in [0.717, 1.165) is 16.8 Å². The predicted octanol–water partition coefficient (Wildman–Crippen LogP) is 3.16. The van der Waals surface area contributed by atoms with Crippen molar-refractivity contribution in [1.29, 1.82) is 0 Å². The van der Waals surface area contributed by atoms with Crippen molar-refractivity contribution in [3.05, 3.63) is 57.3 Å². The summed E-state index contributed by atoms with van der Waals surface area (Å²) in [5.41, 5.74) is -3.15. The van der Waals surface area contributed by atoms with Crippen LogP contribution < -0.4 is 5.56 Å². The lowest BCUT2D eigenvalue weighted by Gasteiger charge is -2.42. The van der Waals surface area contributed by atoms with Crippen LogP contribution in [0.1, 0.15) is 29.1 Å². The molecule has 1 aliphatic rings. The van der Waals surface area contributed by atoms with Gasteiger partial charge in [-0.15, -0.1) is 0 Å². The van der Waals surface area contributed by atoms with Crippen molar-refractivity contribution < 1.29 is 26.7 Å². The van der Waals surface area contributed by atoms with Gasteiger partial charge in [-0.3, -0.25) is 4.79 Å². The first kappa shape index (κ1) is 18.5. The Bertz CT molecular complexity index is 1100. The number of hydrogen-bond acceptors (Lipinski definition) is 4. The third-order valence-electron chi connectivity index (χ3n) is 4.73. The molecule has 11 heteroatoms. The van der Waals surface area contributed by atoms with Crippen LogP contribution in [-0.4, -0.2) is 33.0 Å². The zero-order valence-electron chi connectivity index (χ0n) is 14.3. The monoisotopic (exact) mass is 400 g/mol. The molecule has 0 spiro atoms. The summed E-state index contributed by atoms with van der Waals surface area (Å²) in [6.45, 7) is 1.47. The number of aromatic amines is 1. The second-order valence-corrected chi connectivity index (χ2v) is 6.55. The van der Waals surface area contributed by atoms with Crippen molar-refractivity contribution in [2.75, 3.05) is 13.2 Å². The highest BCUT2D eigenvalue weighted by molar-refractivity contribution is 5.78. The summed E-state index contributed by atoms with van der Waals surface area (Å²) in [4.78, 5) is 18.7. The summed E-state index contributed by atoms with van der Waals surface area (Å²) in [7, 11) is 0. The highest BCUT2D eigenvalue weighted by Gasteiger charge is 2.46. The second-order valence-electron chi connectivity index (χ2n) is 6.55. The summed E-state index contributed by atoms with van der Waals surface area (Å²) < 4.78 is 71.9. The molecule has 0 amide bonds. The van der Waals surface area contributed by atoms with Crippen LogP contribution in [0.3, 0.4) is 0 Å². The van der Waals surface area contributed by atoms with Crippen molar-refractivity contribution >= 4 is 11.0 Å². The van der Waals surface area contributed by atoms with Crippen LogP contribution in [0.4, 0.5) is 22.0 Å². The molecule has 3 heterocycles. The SMILES string of the molecule is Cc1nc2c(c(C(F)F)nn2C2(c3ccc(C(F)(F)F)cc3)COC2)c(=O)[nH]1. The van der Waals surface area contributed by atoms with Crippen molar-refractivity contribution in [2.45, 2.75) is 25.1 Å². The van der Waals surface area contributed by atoms with Gasteiger partial charge in [-0.1, -0.05) is 12.1 Å². The Kier molecular flexibility index (Phi) is 4.03. The summed E-state index contributed by atoms with van der Waals surface area (Å²) in [6.07, 6.45) is -7.53. The van der Waals surface area contributed by atoms with Crippen LogP contribution in [0.15, 0.2) is 29.1 Å². The molecule has 1 fully saturated rings. The summed E-state index contributed by atoms with van der Waals surface area (Å²) in [6, 6.07) is 4.31. The highest BCUT2D eigenvalue weighted by atomic mass is 19.4. The van der Waals surface area contributed by atoms with E-state index in [2.05, 4.69) is 15.1 Å². The Labute approximate surface area is 154 Å². The minimum Gasteiger partial charge on any atom is -0.375 e. The van der Waals surface area contributed by atoms with Crippen LogP contribution in [0.25, 0.3) is 11.0 Å².